The lowest BCUT2D eigenvalue weighted by Crippen LogP contribution is -2.38. The average Bonchev–Trinajstić information content (AvgIpc) is 2.33. The second-order valence-corrected chi connectivity index (χ2v) is 5.22. The van der Waals surface area contributed by atoms with Gasteiger partial charge in [-0.1, -0.05) is 26.0 Å². The Morgan fingerprint density at radius 2 is 2.00 bits per heavy atom. The van der Waals surface area contributed by atoms with E-state index in [1.807, 2.05) is 31.2 Å². The number of aliphatic hydroxyl groups excluding tert-OH is 1. The largest absolute Gasteiger partial charge is 0.491 e. The van der Waals surface area contributed by atoms with E-state index in [9.17, 15) is 5.11 Å². The zero-order valence-corrected chi connectivity index (χ0v) is 11.8. The van der Waals surface area contributed by atoms with Crippen LogP contribution >= 0.6 is 0 Å². The van der Waals surface area contributed by atoms with Gasteiger partial charge in [0.1, 0.15) is 18.5 Å². The molecule has 1 aromatic carbocycles. The first-order valence-electron chi connectivity index (χ1n) is 6.60. The van der Waals surface area contributed by atoms with E-state index in [0.717, 1.165) is 11.3 Å². The third-order valence-electron chi connectivity index (χ3n) is 3.11. The number of rotatable bonds is 7. The van der Waals surface area contributed by atoms with Crippen LogP contribution in [0.4, 0.5) is 0 Å². The number of nitrogens with one attached hydrogen (secondary N) is 1. The van der Waals surface area contributed by atoms with Crippen LogP contribution in [0, 0.1) is 12.8 Å². The Morgan fingerprint density at radius 3 is 2.61 bits per heavy atom. The zero-order chi connectivity index (χ0) is 13.5. The van der Waals surface area contributed by atoms with Crippen LogP contribution in [0.2, 0.25) is 0 Å². The van der Waals surface area contributed by atoms with E-state index in [0.29, 0.717) is 25.1 Å². The number of ether oxygens (including phenoxy) is 1. The van der Waals surface area contributed by atoms with Gasteiger partial charge in [0.15, 0.2) is 0 Å². The van der Waals surface area contributed by atoms with Crippen molar-refractivity contribution in [2.75, 3.05) is 13.2 Å². The van der Waals surface area contributed by atoms with Crippen LogP contribution in [0.15, 0.2) is 24.3 Å². The topological polar surface area (TPSA) is 41.5 Å². The molecule has 0 bridgehead atoms. The van der Waals surface area contributed by atoms with Crippen molar-refractivity contribution >= 4 is 0 Å². The summed E-state index contributed by atoms with van der Waals surface area (Å²) in [5.74, 6) is 1.38. The quantitative estimate of drug-likeness (QED) is 0.781. The first-order valence-corrected chi connectivity index (χ1v) is 6.60. The molecule has 102 valence electrons. The van der Waals surface area contributed by atoms with Crippen molar-refractivity contribution in [3.05, 3.63) is 29.8 Å². The lowest BCUT2D eigenvalue weighted by atomic mass is 10.1. The van der Waals surface area contributed by atoms with Crippen LogP contribution in [-0.4, -0.2) is 30.4 Å². The molecule has 0 heterocycles. The highest BCUT2D eigenvalue weighted by atomic mass is 16.5. The van der Waals surface area contributed by atoms with Gasteiger partial charge in [-0.15, -0.1) is 0 Å². The van der Waals surface area contributed by atoms with Gasteiger partial charge >= 0.3 is 0 Å². The summed E-state index contributed by atoms with van der Waals surface area (Å²) in [5, 5.41) is 13.1. The van der Waals surface area contributed by atoms with Gasteiger partial charge in [0.05, 0.1) is 0 Å². The molecular weight excluding hydrogens is 226 g/mol. The molecule has 0 aliphatic rings. The summed E-state index contributed by atoms with van der Waals surface area (Å²) in [4.78, 5) is 0. The fourth-order valence-corrected chi connectivity index (χ4v) is 1.51. The molecule has 0 saturated carbocycles. The van der Waals surface area contributed by atoms with Crippen molar-refractivity contribution in [3.8, 4) is 5.75 Å². The molecule has 0 radical (unpaired) electrons. The normalized spacial score (nSPS) is 14.6. The predicted molar refractivity (Wildman–Crippen MR) is 75.0 cm³/mol. The number of hydrogen-bond donors (Lipinski definition) is 2. The van der Waals surface area contributed by atoms with E-state index in [-0.39, 0.29) is 0 Å². The van der Waals surface area contributed by atoms with Crippen LogP contribution < -0.4 is 10.1 Å². The number of aliphatic hydroxyl groups is 1. The van der Waals surface area contributed by atoms with Crippen molar-refractivity contribution in [2.45, 2.75) is 39.8 Å². The lowest BCUT2D eigenvalue weighted by molar-refractivity contribution is 0.102. The third-order valence-corrected chi connectivity index (χ3v) is 3.11. The summed E-state index contributed by atoms with van der Waals surface area (Å²) in [5.41, 5.74) is 1.16. The van der Waals surface area contributed by atoms with E-state index in [2.05, 4.69) is 26.1 Å². The van der Waals surface area contributed by atoms with Gasteiger partial charge in [0.25, 0.3) is 0 Å². The van der Waals surface area contributed by atoms with Crippen LogP contribution in [0.1, 0.15) is 26.3 Å². The van der Waals surface area contributed by atoms with Gasteiger partial charge in [0, 0.05) is 12.6 Å². The minimum atomic E-state index is -0.480. The third kappa shape index (κ3) is 5.52. The maximum absolute atomic E-state index is 9.82. The minimum absolute atomic E-state index is 0.321. The van der Waals surface area contributed by atoms with Crippen molar-refractivity contribution in [1.82, 2.24) is 5.32 Å². The molecule has 0 aliphatic heterocycles. The van der Waals surface area contributed by atoms with E-state index < -0.39 is 6.10 Å². The van der Waals surface area contributed by atoms with Gasteiger partial charge < -0.3 is 15.2 Å². The first kappa shape index (κ1) is 15.0. The van der Waals surface area contributed by atoms with Crippen molar-refractivity contribution in [2.24, 2.45) is 5.92 Å². The van der Waals surface area contributed by atoms with Crippen molar-refractivity contribution in [3.63, 3.8) is 0 Å². The molecule has 3 heteroatoms. The second kappa shape index (κ2) is 7.39. The van der Waals surface area contributed by atoms with Gasteiger partial charge in [-0.25, -0.2) is 0 Å². The Kier molecular flexibility index (Phi) is 6.16. The standard InChI is InChI=1S/C15H25NO2/c1-11(2)13(4)16-9-14(17)10-18-15-7-5-6-12(3)8-15/h5-8,11,13-14,16-17H,9-10H2,1-4H3. The van der Waals surface area contributed by atoms with Crippen LogP contribution in [0.5, 0.6) is 5.75 Å². The molecule has 1 rings (SSSR count). The summed E-state index contributed by atoms with van der Waals surface area (Å²) in [6.45, 7) is 9.35. The van der Waals surface area contributed by atoms with Gasteiger partial charge in [0.2, 0.25) is 0 Å². The lowest BCUT2D eigenvalue weighted by Gasteiger charge is -2.20. The summed E-state index contributed by atoms with van der Waals surface area (Å²) in [6.07, 6.45) is -0.480. The maximum atomic E-state index is 9.82. The van der Waals surface area contributed by atoms with E-state index in [4.69, 9.17) is 4.74 Å². The summed E-state index contributed by atoms with van der Waals surface area (Å²) in [7, 11) is 0. The van der Waals surface area contributed by atoms with Gasteiger partial charge in [-0.05, 0) is 37.5 Å². The van der Waals surface area contributed by atoms with E-state index in [1.165, 1.54) is 0 Å². The highest BCUT2D eigenvalue weighted by Gasteiger charge is 2.10. The van der Waals surface area contributed by atoms with Gasteiger partial charge in [-0.2, -0.15) is 0 Å². The SMILES string of the molecule is Cc1cccc(OCC(O)CNC(C)C(C)C)c1. The second-order valence-electron chi connectivity index (χ2n) is 5.22. The monoisotopic (exact) mass is 251 g/mol. The van der Waals surface area contributed by atoms with Crippen molar-refractivity contribution < 1.29 is 9.84 Å². The summed E-state index contributed by atoms with van der Waals surface area (Å²) < 4.78 is 5.55. The fraction of sp³-hybridized carbons (Fsp3) is 0.600. The number of hydrogen-bond acceptors (Lipinski definition) is 3. The molecule has 2 atom stereocenters. The molecule has 0 aliphatic carbocycles. The molecule has 0 amide bonds. The molecule has 0 spiro atoms. The Bertz CT molecular complexity index is 352. The molecule has 1 aromatic rings. The first-order chi connectivity index (χ1) is 8.49. The predicted octanol–water partition coefficient (Wildman–Crippen LogP) is 2.37. The molecule has 0 saturated heterocycles. The molecule has 18 heavy (non-hydrogen) atoms. The fourth-order valence-electron chi connectivity index (χ4n) is 1.51. The number of benzene rings is 1. The van der Waals surface area contributed by atoms with E-state index in [1.54, 1.807) is 0 Å². The van der Waals surface area contributed by atoms with Gasteiger partial charge in [-0.3, -0.25) is 0 Å². The average molecular weight is 251 g/mol. The highest BCUT2D eigenvalue weighted by molar-refractivity contribution is 5.27. The Balaban J connectivity index is 2.27. The minimum Gasteiger partial charge on any atom is -0.491 e. The smallest absolute Gasteiger partial charge is 0.119 e. The molecule has 2 N–H and O–H groups in total. The Labute approximate surface area is 110 Å². The summed E-state index contributed by atoms with van der Waals surface area (Å²) in [6, 6.07) is 8.25. The highest BCUT2D eigenvalue weighted by Crippen LogP contribution is 2.12. The van der Waals surface area contributed by atoms with Crippen LogP contribution in [0.3, 0.4) is 0 Å². The molecular formula is C15H25NO2. The maximum Gasteiger partial charge on any atom is 0.119 e. The molecule has 2 unspecified atom stereocenters. The Morgan fingerprint density at radius 1 is 1.28 bits per heavy atom. The Hall–Kier alpha value is -1.06. The number of aryl methyl sites for hydroxylation is 1. The molecule has 0 fully saturated rings. The molecule has 3 nitrogen and oxygen atoms in total. The van der Waals surface area contributed by atoms with E-state index >= 15 is 0 Å². The zero-order valence-electron chi connectivity index (χ0n) is 11.8. The van der Waals surface area contributed by atoms with Crippen molar-refractivity contribution in [1.29, 1.82) is 0 Å². The van der Waals surface area contributed by atoms with Crippen LogP contribution in [-0.2, 0) is 0 Å². The summed E-state index contributed by atoms with van der Waals surface area (Å²) >= 11 is 0. The molecule has 0 aromatic heterocycles. The van der Waals surface area contributed by atoms with Crippen LogP contribution in [0.25, 0.3) is 0 Å².